The molecule has 3 aromatic carbocycles. The van der Waals surface area contributed by atoms with E-state index >= 15 is 0 Å². The summed E-state index contributed by atoms with van der Waals surface area (Å²) in [6.07, 6.45) is 0. The molecule has 0 spiro atoms. The fraction of sp³-hybridized carbons (Fsp3) is 0.0476. The molecule has 0 radical (unpaired) electrons. The van der Waals surface area contributed by atoms with E-state index in [1.54, 1.807) is 31.2 Å². The highest BCUT2D eigenvalue weighted by Gasteiger charge is 2.18. The van der Waals surface area contributed by atoms with Crippen molar-refractivity contribution >= 4 is 66.9 Å². The lowest BCUT2D eigenvalue weighted by Gasteiger charge is -2.07. The second-order valence-corrected chi connectivity index (χ2v) is 8.59. The summed E-state index contributed by atoms with van der Waals surface area (Å²) in [5, 5.41) is 13.9. The molecule has 4 aromatic rings. The van der Waals surface area contributed by atoms with Crippen LogP contribution in [0.4, 0.5) is 11.4 Å². The molecule has 150 valence electrons. The Morgan fingerprint density at radius 3 is 2.77 bits per heavy atom. The quantitative estimate of drug-likeness (QED) is 0.174. The fourth-order valence-electron chi connectivity index (χ4n) is 3.05. The van der Waals surface area contributed by atoms with Crippen LogP contribution in [0.3, 0.4) is 0 Å². The Kier molecular flexibility index (Phi) is 5.56. The van der Waals surface area contributed by atoms with Gasteiger partial charge in [-0.3, -0.25) is 14.9 Å². The molecule has 1 N–H and O–H groups in total. The number of aromatic nitrogens is 1. The lowest BCUT2D eigenvalue weighted by molar-refractivity contribution is -0.385. The highest BCUT2D eigenvalue weighted by atomic mass is 127. The van der Waals surface area contributed by atoms with E-state index in [4.69, 9.17) is 4.42 Å². The van der Waals surface area contributed by atoms with Crippen molar-refractivity contribution < 1.29 is 14.1 Å². The van der Waals surface area contributed by atoms with E-state index in [0.29, 0.717) is 28.2 Å². The number of amides is 1. The highest BCUT2D eigenvalue weighted by Crippen LogP contribution is 2.32. The third kappa shape index (κ3) is 3.94. The number of rotatable bonds is 4. The number of anilines is 1. The van der Waals surface area contributed by atoms with Gasteiger partial charge < -0.3 is 9.73 Å². The van der Waals surface area contributed by atoms with Gasteiger partial charge in [0.05, 0.1) is 10.5 Å². The molecular weight excluding hydrogens is 565 g/mol. The molecule has 0 aliphatic carbocycles. The molecule has 0 bridgehead atoms. The predicted octanol–water partition coefficient (Wildman–Crippen LogP) is 6.33. The van der Waals surface area contributed by atoms with Crippen LogP contribution < -0.4 is 5.32 Å². The first kappa shape index (κ1) is 20.5. The molecule has 30 heavy (non-hydrogen) atoms. The lowest BCUT2D eigenvalue weighted by atomic mass is 10.1. The van der Waals surface area contributed by atoms with Gasteiger partial charge >= 0.3 is 0 Å². The Morgan fingerprint density at radius 1 is 1.20 bits per heavy atom. The average Bonchev–Trinajstić information content (AvgIpc) is 3.12. The topological polar surface area (TPSA) is 98.3 Å². The van der Waals surface area contributed by atoms with E-state index in [9.17, 15) is 14.9 Å². The van der Waals surface area contributed by atoms with Crippen molar-refractivity contribution in [2.75, 3.05) is 5.32 Å². The SMILES string of the molecule is Cc1c(C(=O)Nc2ccc3oc(-c4cc(I)ccc4Br)nc3c2)cccc1[N+](=O)[O-]. The maximum atomic E-state index is 12.7. The molecule has 7 nitrogen and oxygen atoms in total. The predicted molar refractivity (Wildman–Crippen MR) is 126 cm³/mol. The molecule has 1 aromatic heterocycles. The maximum absolute atomic E-state index is 12.7. The Labute approximate surface area is 192 Å². The number of nitrogens with one attached hydrogen (secondary N) is 1. The first-order valence-electron chi connectivity index (χ1n) is 8.75. The third-order valence-corrected chi connectivity index (χ3v) is 5.91. The Balaban J connectivity index is 1.65. The zero-order chi connectivity index (χ0) is 21.4. The Hall–Kier alpha value is -2.79. The second-order valence-electron chi connectivity index (χ2n) is 6.49. The summed E-state index contributed by atoms with van der Waals surface area (Å²) in [7, 11) is 0. The molecule has 9 heteroatoms. The number of nitrogens with zero attached hydrogens (tertiary/aromatic N) is 2. The zero-order valence-electron chi connectivity index (χ0n) is 15.5. The molecule has 1 heterocycles. The number of carbonyl (C=O) groups is 1. The van der Waals surface area contributed by atoms with Crippen molar-refractivity contribution in [1.29, 1.82) is 0 Å². The Morgan fingerprint density at radius 2 is 2.00 bits per heavy atom. The smallest absolute Gasteiger partial charge is 0.273 e. The molecule has 0 aliphatic rings. The molecule has 1 amide bonds. The summed E-state index contributed by atoms with van der Waals surface area (Å²) in [6.45, 7) is 1.55. The normalized spacial score (nSPS) is 10.9. The minimum Gasteiger partial charge on any atom is -0.436 e. The van der Waals surface area contributed by atoms with Crippen LogP contribution in [-0.4, -0.2) is 15.8 Å². The van der Waals surface area contributed by atoms with Gasteiger partial charge in [-0.25, -0.2) is 4.98 Å². The standard InChI is InChI=1S/C21H13BrIN3O4/c1-11-14(3-2-4-18(11)26(28)29)20(27)24-13-6-8-19-17(10-13)25-21(30-19)15-9-12(23)5-7-16(15)22/h2-10H,1H3,(H,24,27). The van der Waals surface area contributed by atoms with Crippen LogP contribution in [-0.2, 0) is 0 Å². The number of nitro groups is 1. The molecule has 0 saturated heterocycles. The number of fused-ring (bicyclic) bond motifs is 1. The van der Waals surface area contributed by atoms with Crippen molar-refractivity contribution in [3.63, 3.8) is 0 Å². The van der Waals surface area contributed by atoms with E-state index in [1.165, 1.54) is 12.1 Å². The molecule has 0 aliphatic heterocycles. The number of benzene rings is 3. The largest absolute Gasteiger partial charge is 0.436 e. The summed E-state index contributed by atoms with van der Waals surface area (Å²) in [5.41, 5.74) is 2.98. The van der Waals surface area contributed by atoms with Crippen LogP contribution in [0.25, 0.3) is 22.6 Å². The minimum atomic E-state index is -0.502. The lowest BCUT2D eigenvalue weighted by Crippen LogP contribution is -2.14. The molecule has 0 fully saturated rings. The number of oxazole rings is 1. The van der Waals surface area contributed by atoms with Crippen LogP contribution in [0.1, 0.15) is 15.9 Å². The van der Waals surface area contributed by atoms with Gasteiger partial charge in [0, 0.05) is 30.9 Å². The van der Waals surface area contributed by atoms with Gasteiger partial charge in [0.2, 0.25) is 5.89 Å². The monoisotopic (exact) mass is 577 g/mol. The van der Waals surface area contributed by atoms with E-state index in [2.05, 4.69) is 48.8 Å². The van der Waals surface area contributed by atoms with Crippen molar-refractivity contribution in [3.05, 3.63) is 83.9 Å². The number of hydrogen-bond acceptors (Lipinski definition) is 5. The number of nitro benzene ring substituents is 1. The van der Waals surface area contributed by atoms with E-state index < -0.39 is 10.8 Å². The molecule has 0 saturated carbocycles. The van der Waals surface area contributed by atoms with E-state index in [1.807, 2.05) is 18.2 Å². The van der Waals surface area contributed by atoms with Gasteiger partial charge in [0.1, 0.15) is 5.52 Å². The van der Waals surface area contributed by atoms with Crippen LogP contribution in [0.2, 0.25) is 0 Å². The summed E-state index contributed by atoms with van der Waals surface area (Å²) in [4.78, 5) is 27.8. The van der Waals surface area contributed by atoms with Gasteiger partial charge in [-0.05, 0) is 87.9 Å². The average molecular weight is 578 g/mol. The van der Waals surface area contributed by atoms with Crippen molar-refractivity contribution in [1.82, 2.24) is 4.98 Å². The van der Waals surface area contributed by atoms with Crippen LogP contribution in [0.15, 0.2) is 63.5 Å². The van der Waals surface area contributed by atoms with E-state index in [0.717, 1.165) is 13.6 Å². The van der Waals surface area contributed by atoms with Crippen molar-refractivity contribution in [2.24, 2.45) is 0 Å². The number of carbonyl (C=O) groups excluding carboxylic acids is 1. The van der Waals surface area contributed by atoms with Gasteiger partial charge in [0.25, 0.3) is 11.6 Å². The van der Waals surface area contributed by atoms with Crippen molar-refractivity contribution in [3.8, 4) is 11.5 Å². The third-order valence-electron chi connectivity index (χ3n) is 4.55. The molecule has 4 rings (SSSR count). The number of halogens is 2. The van der Waals surface area contributed by atoms with E-state index in [-0.39, 0.29) is 11.3 Å². The first-order valence-corrected chi connectivity index (χ1v) is 10.6. The maximum Gasteiger partial charge on any atom is 0.273 e. The zero-order valence-corrected chi connectivity index (χ0v) is 19.2. The second kappa shape index (κ2) is 8.15. The summed E-state index contributed by atoms with van der Waals surface area (Å²) >= 11 is 5.73. The fourth-order valence-corrected chi connectivity index (χ4v) is 3.95. The first-order chi connectivity index (χ1) is 14.3. The van der Waals surface area contributed by atoms with Crippen LogP contribution in [0.5, 0.6) is 0 Å². The van der Waals surface area contributed by atoms with Crippen LogP contribution >= 0.6 is 38.5 Å². The molecule has 0 atom stereocenters. The van der Waals surface area contributed by atoms with Gasteiger partial charge in [0.15, 0.2) is 5.58 Å². The molecule has 0 unspecified atom stereocenters. The summed E-state index contributed by atoms with van der Waals surface area (Å²) in [6, 6.07) is 15.4. The summed E-state index contributed by atoms with van der Waals surface area (Å²) in [5.74, 6) is 0.0352. The van der Waals surface area contributed by atoms with Gasteiger partial charge in [-0.15, -0.1) is 0 Å². The van der Waals surface area contributed by atoms with Gasteiger partial charge in [-0.2, -0.15) is 0 Å². The van der Waals surface area contributed by atoms with Gasteiger partial charge in [-0.1, -0.05) is 6.07 Å². The van der Waals surface area contributed by atoms with Crippen LogP contribution in [0, 0.1) is 20.6 Å². The molecular formula is C21H13BrIN3O4. The number of hydrogen-bond donors (Lipinski definition) is 1. The Bertz CT molecular complexity index is 1320. The highest BCUT2D eigenvalue weighted by molar-refractivity contribution is 14.1. The van der Waals surface area contributed by atoms with Crippen molar-refractivity contribution in [2.45, 2.75) is 6.92 Å². The minimum absolute atomic E-state index is 0.0951. The summed E-state index contributed by atoms with van der Waals surface area (Å²) < 4.78 is 7.78.